The second kappa shape index (κ2) is 5.60. The van der Waals surface area contributed by atoms with Crippen LogP contribution in [-0.4, -0.2) is 33.4 Å². The van der Waals surface area contributed by atoms with E-state index in [2.05, 4.69) is 15.4 Å². The first-order chi connectivity index (χ1) is 6.36. The molecule has 1 rings (SSSR count). The van der Waals surface area contributed by atoms with E-state index in [4.69, 9.17) is 9.78 Å². The summed E-state index contributed by atoms with van der Waals surface area (Å²) in [5.41, 5.74) is 0. The fourth-order valence-electron chi connectivity index (χ4n) is 0.774. The number of aromatic nitrogens is 4. The number of nitrogens with zero attached hydrogens (tertiary/aromatic N) is 4. The second-order valence-corrected chi connectivity index (χ2v) is 2.38. The Hall–Kier alpha value is -1.01. The van der Waals surface area contributed by atoms with Crippen LogP contribution in [0.2, 0.25) is 0 Å². The minimum absolute atomic E-state index is 0.438. The summed E-state index contributed by atoms with van der Waals surface area (Å²) in [7, 11) is 0. The lowest BCUT2D eigenvalue weighted by atomic mass is 10.5. The third-order valence-corrected chi connectivity index (χ3v) is 1.39. The molecule has 0 saturated heterocycles. The molecule has 13 heavy (non-hydrogen) atoms. The molecule has 0 atom stereocenters. The molecule has 0 radical (unpaired) electrons. The lowest BCUT2D eigenvalue weighted by molar-refractivity contribution is -0.292. The Kier molecular flexibility index (Phi) is 4.34. The van der Waals surface area contributed by atoms with Gasteiger partial charge < -0.3 is 0 Å². The largest absolute Gasteiger partial charge is 0.237 e. The van der Waals surface area contributed by atoms with Crippen LogP contribution in [0, 0.1) is 0 Å². The number of aryl methyl sites for hydroxylation is 1. The first-order valence-corrected chi connectivity index (χ1v) is 4.38. The molecule has 1 heterocycles. The van der Waals surface area contributed by atoms with Crippen molar-refractivity contribution in [3.63, 3.8) is 0 Å². The van der Waals surface area contributed by atoms with Gasteiger partial charge in [-0.1, -0.05) is 6.92 Å². The molecule has 0 aliphatic heterocycles. The van der Waals surface area contributed by atoms with Crippen LogP contribution in [0.1, 0.15) is 19.7 Å². The summed E-state index contributed by atoms with van der Waals surface area (Å²) in [6, 6.07) is 0. The highest BCUT2D eigenvalue weighted by atomic mass is 17.2. The lowest BCUT2D eigenvalue weighted by Crippen LogP contribution is -2.09. The predicted molar refractivity (Wildman–Crippen MR) is 44.8 cm³/mol. The summed E-state index contributed by atoms with van der Waals surface area (Å²) in [6.45, 7) is 5.40. The summed E-state index contributed by atoms with van der Waals surface area (Å²) < 4.78 is 0. The van der Waals surface area contributed by atoms with E-state index in [1.165, 1.54) is 4.80 Å². The minimum atomic E-state index is 0.438. The molecule has 0 N–H and O–H groups in total. The number of rotatable bonds is 6. The van der Waals surface area contributed by atoms with Crippen molar-refractivity contribution >= 4 is 0 Å². The molecule has 0 aromatic carbocycles. The Morgan fingerprint density at radius 3 is 2.77 bits per heavy atom. The van der Waals surface area contributed by atoms with E-state index in [1.54, 1.807) is 0 Å². The number of hydrogen-bond acceptors (Lipinski definition) is 5. The van der Waals surface area contributed by atoms with Gasteiger partial charge in [0.25, 0.3) is 0 Å². The number of hydrogen-bond donors (Lipinski definition) is 0. The molecule has 0 amide bonds. The average Bonchev–Trinajstić information content (AvgIpc) is 2.60. The van der Waals surface area contributed by atoms with E-state index in [0.717, 1.165) is 12.2 Å². The molecule has 0 unspecified atom stereocenters. The highest BCUT2D eigenvalue weighted by molar-refractivity contribution is 4.73. The van der Waals surface area contributed by atoms with Crippen LogP contribution in [-0.2, 0) is 22.7 Å². The van der Waals surface area contributed by atoms with Crippen molar-refractivity contribution in [3.05, 3.63) is 5.82 Å². The number of tetrazole rings is 1. The Morgan fingerprint density at radius 2 is 2.15 bits per heavy atom. The van der Waals surface area contributed by atoms with Gasteiger partial charge in [0.2, 0.25) is 0 Å². The SMILES string of the molecule is CCOOCCn1nnc(CC)n1. The molecule has 0 aliphatic carbocycles. The van der Waals surface area contributed by atoms with Crippen LogP contribution >= 0.6 is 0 Å². The van der Waals surface area contributed by atoms with Crippen molar-refractivity contribution in [2.45, 2.75) is 26.8 Å². The van der Waals surface area contributed by atoms with Crippen LogP contribution in [0.3, 0.4) is 0 Å². The quantitative estimate of drug-likeness (QED) is 0.361. The van der Waals surface area contributed by atoms with Crippen molar-refractivity contribution < 1.29 is 9.78 Å². The summed E-state index contributed by atoms with van der Waals surface area (Å²) in [5.74, 6) is 0.747. The topological polar surface area (TPSA) is 62.1 Å². The highest BCUT2D eigenvalue weighted by Gasteiger charge is 1.99. The zero-order valence-corrected chi connectivity index (χ0v) is 7.93. The highest BCUT2D eigenvalue weighted by Crippen LogP contribution is 1.87. The van der Waals surface area contributed by atoms with Crippen LogP contribution in [0.5, 0.6) is 0 Å². The third kappa shape index (κ3) is 3.47. The Morgan fingerprint density at radius 1 is 1.31 bits per heavy atom. The normalized spacial score (nSPS) is 10.6. The van der Waals surface area contributed by atoms with Crippen LogP contribution < -0.4 is 0 Å². The molecule has 1 aromatic rings. The summed E-state index contributed by atoms with van der Waals surface area (Å²) in [4.78, 5) is 11.0. The molecule has 6 nitrogen and oxygen atoms in total. The van der Waals surface area contributed by atoms with Gasteiger partial charge in [-0.2, -0.15) is 4.80 Å². The maximum Gasteiger partial charge on any atom is 0.174 e. The fraction of sp³-hybridized carbons (Fsp3) is 0.857. The second-order valence-electron chi connectivity index (χ2n) is 2.38. The molecule has 0 spiro atoms. The molecule has 74 valence electrons. The molecule has 0 aliphatic rings. The molecular weight excluding hydrogens is 172 g/mol. The van der Waals surface area contributed by atoms with Crippen molar-refractivity contribution in [3.8, 4) is 0 Å². The van der Waals surface area contributed by atoms with Crippen LogP contribution in [0.4, 0.5) is 0 Å². The molecule has 6 heteroatoms. The summed E-state index contributed by atoms with van der Waals surface area (Å²) in [6.07, 6.45) is 0.798. The van der Waals surface area contributed by atoms with Gasteiger partial charge in [0, 0.05) is 6.42 Å². The van der Waals surface area contributed by atoms with Crippen molar-refractivity contribution in [1.29, 1.82) is 0 Å². The van der Waals surface area contributed by atoms with E-state index >= 15 is 0 Å². The van der Waals surface area contributed by atoms with Crippen molar-refractivity contribution in [2.24, 2.45) is 0 Å². The minimum Gasteiger partial charge on any atom is -0.237 e. The molecule has 0 fully saturated rings. The van der Waals surface area contributed by atoms with Gasteiger partial charge in [-0.15, -0.1) is 10.2 Å². The van der Waals surface area contributed by atoms with Crippen molar-refractivity contribution in [1.82, 2.24) is 20.2 Å². The lowest BCUT2D eigenvalue weighted by Gasteiger charge is -1.99. The first-order valence-electron chi connectivity index (χ1n) is 4.38. The maximum absolute atomic E-state index is 4.80. The van der Waals surface area contributed by atoms with Gasteiger partial charge in [-0.05, 0) is 12.1 Å². The van der Waals surface area contributed by atoms with E-state index in [0.29, 0.717) is 19.8 Å². The predicted octanol–water partition coefficient (Wildman–Crippen LogP) is 0.204. The Balaban J connectivity index is 2.20. The smallest absolute Gasteiger partial charge is 0.174 e. The van der Waals surface area contributed by atoms with Crippen molar-refractivity contribution in [2.75, 3.05) is 13.2 Å². The molecular formula is C7H14N4O2. The Labute approximate surface area is 76.8 Å². The monoisotopic (exact) mass is 186 g/mol. The molecule has 0 bridgehead atoms. The van der Waals surface area contributed by atoms with Crippen LogP contribution in [0.25, 0.3) is 0 Å². The Bertz CT molecular complexity index is 238. The first kappa shape index (κ1) is 10.1. The van der Waals surface area contributed by atoms with Gasteiger partial charge in [0.05, 0.1) is 13.2 Å². The summed E-state index contributed by atoms with van der Waals surface area (Å²) in [5, 5.41) is 11.7. The van der Waals surface area contributed by atoms with E-state index < -0.39 is 0 Å². The van der Waals surface area contributed by atoms with Gasteiger partial charge in [0.15, 0.2) is 5.82 Å². The summed E-state index contributed by atoms with van der Waals surface area (Å²) >= 11 is 0. The standard InChI is InChI=1S/C7H14N4O2/c1-3-7-8-10-11(9-7)5-6-13-12-4-2/h3-6H2,1-2H3. The van der Waals surface area contributed by atoms with E-state index in [1.807, 2.05) is 13.8 Å². The fourth-order valence-corrected chi connectivity index (χ4v) is 0.774. The molecule has 0 saturated carbocycles. The van der Waals surface area contributed by atoms with Gasteiger partial charge in [0.1, 0.15) is 6.61 Å². The third-order valence-electron chi connectivity index (χ3n) is 1.39. The van der Waals surface area contributed by atoms with E-state index in [-0.39, 0.29) is 0 Å². The van der Waals surface area contributed by atoms with Gasteiger partial charge in [-0.25, -0.2) is 9.78 Å². The zero-order valence-electron chi connectivity index (χ0n) is 7.93. The maximum atomic E-state index is 4.80. The molecule has 1 aromatic heterocycles. The van der Waals surface area contributed by atoms with E-state index in [9.17, 15) is 0 Å². The van der Waals surface area contributed by atoms with Gasteiger partial charge in [-0.3, -0.25) is 0 Å². The zero-order chi connectivity index (χ0) is 9.52. The van der Waals surface area contributed by atoms with Gasteiger partial charge >= 0.3 is 0 Å². The van der Waals surface area contributed by atoms with Crippen LogP contribution in [0.15, 0.2) is 0 Å². The average molecular weight is 186 g/mol.